The third kappa shape index (κ3) is 2.74. The van der Waals surface area contributed by atoms with Crippen LogP contribution < -0.4 is 5.32 Å². The third-order valence-electron chi connectivity index (χ3n) is 2.44. The van der Waals surface area contributed by atoms with Crippen molar-refractivity contribution in [3.63, 3.8) is 0 Å². The van der Waals surface area contributed by atoms with Crippen molar-refractivity contribution in [3.8, 4) is 0 Å². The molecular weight excluding hydrogens is 234 g/mol. The van der Waals surface area contributed by atoms with Crippen LogP contribution in [-0.2, 0) is 13.1 Å². The maximum Gasteiger partial charge on any atom is 0.269 e. The van der Waals surface area contributed by atoms with E-state index in [4.69, 9.17) is 0 Å². The number of nitrogens with one attached hydrogen (secondary N) is 1. The van der Waals surface area contributed by atoms with Crippen LogP contribution in [0.3, 0.4) is 0 Å². The molecule has 2 heterocycles. The fourth-order valence-corrected chi connectivity index (χ4v) is 2.29. The lowest BCUT2D eigenvalue weighted by Gasteiger charge is -2.05. The van der Waals surface area contributed by atoms with Gasteiger partial charge in [0.1, 0.15) is 5.69 Å². The summed E-state index contributed by atoms with van der Waals surface area (Å²) in [6.45, 7) is 5.14. The molecule has 1 amide bonds. The molecule has 2 aromatic heterocycles. The summed E-state index contributed by atoms with van der Waals surface area (Å²) in [7, 11) is 0. The van der Waals surface area contributed by atoms with Gasteiger partial charge in [0.25, 0.3) is 5.91 Å². The van der Waals surface area contributed by atoms with E-state index in [0.717, 1.165) is 10.6 Å². The molecule has 17 heavy (non-hydrogen) atoms. The number of hydrogen-bond acceptors (Lipinski definition) is 3. The summed E-state index contributed by atoms with van der Waals surface area (Å²) in [4.78, 5) is 13.1. The minimum absolute atomic E-state index is 0.0687. The number of aromatic nitrogens is 2. The van der Waals surface area contributed by atoms with E-state index in [-0.39, 0.29) is 5.91 Å². The average molecular weight is 249 g/mol. The van der Waals surface area contributed by atoms with Gasteiger partial charge in [0.15, 0.2) is 0 Å². The van der Waals surface area contributed by atoms with E-state index in [9.17, 15) is 4.79 Å². The number of carbonyl (C=O) groups excluding carboxylic acids is 1. The molecule has 0 fully saturated rings. The zero-order valence-corrected chi connectivity index (χ0v) is 10.8. The highest BCUT2D eigenvalue weighted by Gasteiger charge is 2.12. The van der Waals surface area contributed by atoms with Crippen LogP contribution in [0.2, 0.25) is 0 Å². The highest BCUT2D eigenvalue weighted by atomic mass is 32.1. The summed E-state index contributed by atoms with van der Waals surface area (Å²) >= 11 is 1.64. The van der Waals surface area contributed by atoms with Crippen molar-refractivity contribution in [2.75, 3.05) is 0 Å². The summed E-state index contributed by atoms with van der Waals surface area (Å²) in [6.07, 6.45) is 0. The third-order valence-corrected chi connectivity index (χ3v) is 3.31. The second-order valence-corrected chi connectivity index (χ2v) is 4.78. The SMILES string of the molecule is CCn1nc(C)cc1C(=O)NCc1cccs1. The smallest absolute Gasteiger partial charge is 0.269 e. The number of rotatable bonds is 4. The Bertz CT molecular complexity index is 502. The number of hydrogen-bond donors (Lipinski definition) is 1. The topological polar surface area (TPSA) is 46.9 Å². The first kappa shape index (κ1) is 11.9. The van der Waals surface area contributed by atoms with Crippen LogP contribution in [0, 0.1) is 6.92 Å². The van der Waals surface area contributed by atoms with Gasteiger partial charge >= 0.3 is 0 Å². The summed E-state index contributed by atoms with van der Waals surface area (Å²) in [6, 6.07) is 5.80. The van der Waals surface area contributed by atoms with Crippen LogP contribution >= 0.6 is 11.3 Å². The first-order chi connectivity index (χ1) is 8.20. The zero-order valence-electron chi connectivity index (χ0n) is 9.93. The largest absolute Gasteiger partial charge is 0.346 e. The van der Waals surface area contributed by atoms with Crippen LogP contribution in [-0.4, -0.2) is 15.7 Å². The number of carbonyl (C=O) groups is 1. The summed E-state index contributed by atoms with van der Waals surface area (Å²) < 4.78 is 1.72. The highest BCUT2D eigenvalue weighted by Crippen LogP contribution is 2.09. The molecule has 0 bridgehead atoms. The van der Waals surface area contributed by atoms with E-state index in [1.54, 1.807) is 16.0 Å². The second-order valence-electron chi connectivity index (χ2n) is 3.75. The summed E-state index contributed by atoms with van der Waals surface area (Å²) in [5.74, 6) is -0.0687. The first-order valence-electron chi connectivity index (χ1n) is 5.55. The molecule has 0 aliphatic carbocycles. The van der Waals surface area contributed by atoms with Crippen LogP contribution in [0.1, 0.15) is 28.0 Å². The van der Waals surface area contributed by atoms with E-state index in [2.05, 4.69) is 10.4 Å². The van der Waals surface area contributed by atoms with Gasteiger partial charge in [0, 0.05) is 11.4 Å². The monoisotopic (exact) mass is 249 g/mol. The van der Waals surface area contributed by atoms with E-state index in [0.29, 0.717) is 18.8 Å². The number of aryl methyl sites for hydroxylation is 2. The molecular formula is C12H15N3OS. The molecule has 0 aromatic carbocycles. The molecule has 0 aliphatic rings. The van der Waals surface area contributed by atoms with Crippen molar-refractivity contribution < 1.29 is 4.79 Å². The average Bonchev–Trinajstić information content (AvgIpc) is 2.94. The quantitative estimate of drug-likeness (QED) is 0.903. The van der Waals surface area contributed by atoms with Gasteiger partial charge in [0.05, 0.1) is 12.2 Å². The van der Waals surface area contributed by atoms with Crippen molar-refractivity contribution in [1.82, 2.24) is 15.1 Å². The van der Waals surface area contributed by atoms with E-state index in [1.165, 1.54) is 0 Å². The Kier molecular flexibility index (Phi) is 3.58. The standard InChI is InChI=1S/C12H15N3OS/c1-3-15-11(7-9(2)14-15)12(16)13-8-10-5-4-6-17-10/h4-7H,3,8H2,1-2H3,(H,13,16). The van der Waals surface area contributed by atoms with Crippen LogP contribution in [0.5, 0.6) is 0 Å². The number of nitrogens with zero attached hydrogens (tertiary/aromatic N) is 2. The van der Waals surface area contributed by atoms with Gasteiger partial charge in [-0.05, 0) is 31.4 Å². The van der Waals surface area contributed by atoms with Crippen LogP contribution in [0.4, 0.5) is 0 Å². The lowest BCUT2D eigenvalue weighted by molar-refractivity contribution is 0.0940. The van der Waals surface area contributed by atoms with Gasteiger partial charge < -0.3 is 5.32 Å². The Hall–Kier alpha value is -1.62. The fraction of sp³-hybridized carbons (Fsp3) is 0.333. The Labute approximate surface area is 104 Å². The second kappa shape index (κ2) is 5.14. The Morgan fingerprint density at radius 3 is 3.06 bits per heavy atom. The Morgan fingerprint density at radius 2 is 2.41 bits per heavy atom. The molecule has 90 valence electrons. The van der Waals surface area contributed by atoms with Crippen LogP contribution in [0.25, 0.3) is 0 Å². The van der Waals surface area contributed by atoms with Gasteiger partial charge in [0.2, 0.25) is 0 Å². The van der Waals surface area contributed by atoms with Gasteiger partial charge in [-0.1, -0.05) is 6.07 Å². The van der Waals surface area contributed by atoms with Crippen molar-refractivity contribution in [2.24, 2.45) is 0 Å². The molecule has 0 unspecified atom stereocenters. The molecule has 0 radical (unpaired) electrons. The molecule has 0 spiro atoms. The molecule has 2 aromatic rings. The minimum Gasteiger partial charge on any atom is -0.346 e. The van der Waals surface area contributed by atoms with Crippen molar-refractivity contribution >= 4 is 17.2 Å². The first-order valence-corrected chi connectivity index (χ1v) is 6.43. The molecule has 0 atom stereocenters. The lowest BCUT2D eigenvalue weighted by Crippen LogP contribution is -2.25. The maximum absolute atomic E-state index is 12.0. The zero-order chi connectivity index (χ0) is 12.3. The summed E-state index contributed by atoms with van der Waals surface area (Å²) in [5.41, 5.74) is 1.50. The van der Waals surface area contributed by atoms with E-state index < -0.39 is 0 Å². The molecule has 0 saturated carbocycles. The van der Waals surface area contributed by atoms with Gasteiger partial charge in [-0.15, -0.1) is 11.3 Å². The fourth-order valence-electron chi connectivity index (χ4n) is 1.64. The normalized spacial score (nSPS) is 10.5. The van der Waals surface area contributed by atoms with Gasteiger partial charge in [-0.3, -0.25) is 9.48 Å². The van der Waals surface area contributed by atoms with E-state index >= 15 is 0 Å². The minimum atomic E-state index is -0.0687. The Balaban J connectivity index is 2.04. The summed E-state index contributed by atoms with van der Waals surface area (Å²) in [5, 5.41) is 9.16. The molecule has 0 saturated heterocycles. The molecule has 1 N–H and O–H groups in total. The number of amides is 1. The predicted molar refractivity (Wildman–Crippen MR) is 68.1 cm³/mol. The van der Waals surface area contributed by atoms with Crippen molar-refractivity contribution in [1.29, 1.82) is 0 Å². The Morgan fingerprint density at radius 1 is 1.59 bits per heavy atom. The van der Waals surface area contributed by atoms with Crippen molar-refractivity contribution in [3.05, 3.63) is 39.8 Å². The van der Waals surface area contributed by atoms with Gasteiger partial charge in [-0.2, -0.15) is 5.10 Å². The van der Waals surface area contributed by atoms with E-state index in [1.807, 2.05) is 37.4 Å². The number of thiophene rings is 1. The van der Waals surface area contributed by atoms with Crippen molar-refractivity contribution in [2.45, 2.75) is 26.9 Å². The molecule has 0 aliphatic heterocycles. The lowest BCUT2D eigenvalue weighted by atomic mass is 10.3. The molecule has 5 heteroatoms. The highest BCUT2D eigenvalue weighted by molar-refractivity contribution is 7.09. The van der Waals surface area contributed by atoms with Crippen LogP contribution in [0.15, 0.2) is 23.6 Å². The molecule has 2 rings (SSSR count). The van der Waals surface area contributed by atoms with Gasteiger partial charge in [-0.25, -0.2) is 0 Å². The maximum atomic E-state index is 12.0. The molecule has 4 nitrogen and oxygen atoms in total. The predicted octanol–water partition coefficient (Wildman–Crippen LogP) is 2.20.